The zero-order valence-electron chi connectivity index (χ0n) is 16.0. The molecule has 7 heteroatoms. The molecule has 0 saturated carbocycles. The van der Waals surface area contributed by atoms with E-state index in [0.717, 1.165) is 6.92 Å². The van der Waals surface area contributed by atoms with Gasteiger partial charge in [0.05, 0.1) is 13.0 Å². The van der Waals surface area contributed by atoms with E-state index in [0.29, 0.717) is 5.56 Å². The van der Waals surface area contributed by atoms with Gasteiger partial charge in [-0.25, -0.2) is 0 Å². The Morgan fingerprint density at radius 1 is 1.12 bits per heavy atom. The number of pyridine rings is 1. The molecule has 26 heavy (non-hydrogen) atoms. The smallest absolute Gasteiger partial charge is 0.328 e. The van der Waals surface area contributed by atoms with Gasteiger partial charge >= 0.3 is 11.9 Å². The minimum absolute atomic E-state index is 0.0513. The van der Waals surface area contributed by atoms with Crippen molar-refractivity contribution < 1.29 is 28.7 Å². The first-order chi connectivity index (χ1) is 11.9. The first-order valence-corrected chi connectivity index (χ1v) is 8.30. The molecule has 7 nitrogen and oxygen atoms in total. The molecule has 0 fully saturated rings. The molecule has 0 aromatic carbocycles. The zero-order chi connectivity index (χ0) is 20.1. The van der Waals surface area contributed by atoms with Crippen molar-refractivity contribution in [2.45, 2.75) is 53.6 Å². The molecule has 0 saturated heterocycles. The highest BCUT2D eigenvalue weighted by Gasteiger charge is 2.55. The molecule has 0 N–H and O–H groups in total. The van der Waals surface area contributed by atoms with Crippen molar-refractivity contribution in [1.82, 2.24) is 4.98 Å². The number of nitrogens with zero attached hydrogens (tertiary/aromatic N) is 1. The predicted molar refractivity (Wildman–Crippen MR) is 93.5 cm³/mol. The van der Waals surface area contributed by atoms with Crippen LogP contribution in [0.25, 0.3) is 0 Å². The number of ether oxygens (including phenoxy) is 2. The largest absolute Gasteiger partial charge is 0.466 e. The van der Waals surface area contributed by atoms with E-state index in [4.69, 9.17) is 9.47 Å². The lowest BCUT2D eigenvalue weighted by molar-refractivity contribution is -0.170. The maximum atomic E-state index is 13.2. The first kappa shape index (κ1) is 21.5. The molecule has 0 aliphatic rings. The van der Waals surface area contributed by atoms with Crippen molar-refractivity contribution in [3.05, 3.63) is 29.6 Å². The Morgan fingerprint density at radius 2 is 1.73 bits per heavy atom. The van der Waals surface area contributed by atoms with Crippen molar-refractivity contribution >= 4 is 23.5 Å². The number of hydrogen-bond acceptors (Lipinski definition) is 7. The number of rotatable bonds is 7. The summed E-state index contributed by atoms with van der Waals surface area (Å²) in [4.78, 5) is 54.5. The Bertz CT molecular complexity index is 719. The van der Waals surface area contributed by atoms with Gasteiger partial charge in [-0.05, 0) is 53.2 Å². The Kier molecular flexibility index (Phi) is 6.78. The third-order valence-corrected chi connectivity index (χ3v) is 3.59. The molecule has 0 radical (unpaired) electrons. The van der Waals surface area contributed by atoms with E-state index in [1.54, 1.807) is 34.6 Å². The van der Waals surface area contributed by atoms with Crippen LogP contribution in [0.15, 0.2) is 18.5 Å². The van der Waals surface area contributed by atoms with Gasteiger partial charge in [0.2, 0.25) is 0 Å². The van der Waals surface area contributed by atoms with Crippen LogP contribution < -0.4 is 0 Å². The number of aromatic nitrogens is 1. The van der Waals surface area contributed by atoms with E-state index < -0.39 is 40.9 Å². The fraction of sp³-hybridized carbons (Fsp3) is 0.526. The minimum Gasteiger partial charge on any atom is -0.466 e. The Morgan fingerprint density at radius 3 is 2.19 bits per heavy atom. The molecule has 0 bridgehead atoms. The van der Waals surface area contributed by atoms with Gasteiger partial charge in [-0.3, -0.25) is 24.2 Å². The van der Waals surface area contributed by atoms with E-state index in [2.05, 4.69) is 4.98 Å². The fourth-order valence-electron chi connectivity index (χ4n) is 2.39. The summed E-state index contributed by atoms with van der Waals surface area (Å²) in [5, 5.41) is 0. The highest BCUT2D eigenvalue weighted by molar-refractivity contribution is 6.28. The third-order valence-electron chi connectivity index (χ3n) is 3.59. The maximum absolute atomic E-state index is 13.2. The Balaban J connectivity index is 3.51. The number of Topliss-reactive ketones (excluding diaryl/α,β-unsaturated/α-hetero) is 2. The maximum Gasteiger partial charge on any atom is 0.328 e. The molecule has 1 aromatic rings. The summed E-state index contributed by atoms with van der Waals surface area (Å²) in [7, 11) is 0. The number of esters is 2. The average molecular weight is 363 g/mol. The van der Waals surface area contributed by atoms with Crippen LogP contribution in [0.1, 0.15) is 57.0 Å². The normalized spacial score (nSPS) is 13.5. The average Bonchev–Trinajstić information content (AvgIpc) is 2.50. The van der Waals surface area contributed by atoms with E-state index in [1.165, 1.54) is 18.5 Å². The van der Waals surface area contributed by atoms with Crippen LogP contribution in [-0.4, -0.2) is 40.7 Å². The van der Waals surface area contributed by atoms with Gasteiger partial charge in [0, 0.05) is 18.0 Å². The van der Waals surface area contributed by atoms with Gasteiger partial charge in [-0.15, -0.1) is 0 Å². The second kappa shape index (κ2) is 8.21. The van der Waals surface area contributed by atoms with Crippen LogP contribution in [0.2, 0.25) is 0 Å². The molecule has 0 aliphatic carbocycles. The van der Waals surface area contributed by atoms with Gasteiger partial charge in [-0.1, -0.05) is 0 Å². The van der Waals surface area contributed by atoms with Gasteiger partial charge in [-0.2, -0.15) is 0 Å². The number of ketones is 2. The van der Waals surface area contributed by atoms with Crippen molar-refractivity contribution in [3.8, 4) is 0 Å². The van der Waals surface area contributed by atoms with Crippen molar-refractivity contribution in [1.29, 1.82) is 0 Å². The van der Waals surface area contributed by atoms with Crippen LogP contribution in [0, 0.1) is 12.3 Å². The SMILES string of the molecule is CCOC(=O)CC(C(C)=O)(C(=O)OC(C)(C)C)C(=O)c1cncc(C)c1. The summed E-state index contributed by atoms with van der Waals surface area (Å²) in [6.07, 6.45) is 2.06. The van der Waals surface area contributed by atoms with Crippen molar-refractivity contribution in [3.63, 3.8) is 0 Å². The Labute approximate surface area is 153 Å². The molecule has 1 heterocycles. The molecule has 0 aliphatic heterocycles. The Hall–Kier alpha value is -2.57. The number of carbonyl (C=O) groups is 4. The summed E-state index contributed by atoms with van der Waals surface area (Å²) >= 11 is 0. The van der Waals surface area contributed by atoms with Gasteiger partial charge in [0.1, 0.15) is 5.60 Å². The van der Waals surface area contributed by atoms with E-state index in [1.807, 2.05) is 0 Å². The van der Waals surface area contributed by atoms with Crippen LogP contribution in [-0.2, 0) is 23.9 Å². The molecular weight excluding hydrogens is 338 g/mol. The molecule has 1 atom stereocenters. The van der Waals surface area contributed by atoms with Crippen molar-refractivity contribution in [2.24, 2.45) is 5.41 Å². The number of hydrogen-bond donors (Lipinski definition) is 0. The fourth-order valence-corrected chi connectivity index (χ4v) is 2.39. The zero-order valence-corrected chi connectivity index (χ0v) is 16.0. The lowest BCUT2D eigenvalue weighted by Gasteiger charge is -2.30. The third kappa shape index (κ3) is 4.97. The molecule has 1 unspecified atom stereocenters. The highest BCUT2D eigenvalue weighted by atomic mass is 16.6. The van der Waals surface area contributed by atoms with Crippen molar-refractivity contribution in [2.75, 3.05) is 6.61 Å². The summed E-state index contributed by atoms with van der Waals surface area (Å²) in [5.41, 5.74) is -2.53. The van der Waals surface area contributed by atoms with Crippen LogP contribution in [0.4, 0.5) is 0 Å². The predicted octanol–water partition coefficient (Wildman–Crippen LogP) is 2.44. The quantitative estimate of drug-likeness (QED) is 0.417. The van der Waals surface area contributed by atoms with Gasteiger partial charge in [0.25, 0.3) is 0 Å². The van der Waals surface area contributed by atoms with E-state index in [-0.39, 0.29) is 12.2 Å². The molecule has 0 amide bonds. The summed E-state index contributed by atoms with van der Waals surface area (Å²) in [6.45, 7) is 9.29. The van der Waals surface area contributed by atoms with E-state index >= 15 is 0 Å². The number of carbonyl (C=O) groups excluding carboxylic acids is 4. The summed E-state index contributed by atoms with van der Waals surface area (Å²) in [5.74, 6) is -3.52. The monoisotopic (exact) mass is 363 g/mol. The topological polar surface area (TPSA) is 99.6 Å². The molecule has 1 aromatic heterocycles. The lowest BCUT2D eigenvalue weighted by atomic mass is 9.74. The second-order valence-electron chi connectivity index (χ2n) is 7.03. The van der Waals surface area contributed by atoms with E-state index in [9.17, 15) is 19.2 Å². The number of aryl methyl sites for hydroxylation is 1. The van der Waals surface area contributed by atoms with Crippen LogP contribution in [0.3, 0.4) is 0 Å². The summed E-state index contributed by atoms with van der Waals surface area (Å²) < 4.78 is 10.2. The van der Waals surface area contributed by atoms with Crippen LogP contribution >= 0.6 is 0 Å². The lowest BCUT2D eigenvalue weighted by Crippen LogP contribution is -2.50. The summed E-state index contributed by atoms with van der Waals surface area (Å²) in [6, 6.07) is 1.50. The molecule has 0 spiro atoms. The van der Waals surface area contributed by atoms with Crippen LogP contribution in [0.5, 0.6) is 0 Å². The first-order valence-electron chi connectivity index (χ1n) is 8.30. The second-order valence-corrected chi connectivity index (χ2v) is 7.03. The van der Waals surface area contributed by atoms with Gasteiger partial charge in [0.15, 0.2) is 17.0 Å². The highest BCUT2D eigenvalue weighted by Crippen LogP contribution is 2.33. The standard InChI is InChI=1S/C19H25NO6/c1-7-25-15(22)9-19(13(3)21,17(24)26-18(4,5)6)16(23)14-8-12(2)10-20-11-14/h8,10-11H,7,9H2,1-6H3. The van der Waals surface area contributed by atoms with Gasteiger partial charge < -0.3 is 9.47 Å². The molecule has 1 rings (SSSR count). The minimum atomic E-state index is -2.31. The molecule has 142 valence electrons. The molecular formula is C19H25NO6.